The van der Waals surface area contributed by atoms with Gasteiger partial charge in [0.1, 0.15) is 5.60 Å². The molecule has 0 spiro atoms. The van der Waals surface area contributed by atoms with Crippen molar-refractivity contribution in [3.8, 4) is 0 Å². The average molecular weight is 278 g/mol. The van der Waals surface area contributed by atoms with E-state index in [1.807, 2.05) is 27.7 Å². The highest BCUT2D eigenvalue weighted by Crippen LogP contribution is 2.16. The first-order valence-electron chi connectivity index (χ1n) is 5.95. The van der Waals surface area contributed by atoms with Gasteiger partial charge in [-0.2, -0.15) is 4.31 Å². The largest absolute Gasteiger partial charge is 0.444 e. The molecule has 1 rings (SSSR count). The topological polar surface area (TPSA) is 66.9 Å². The lowest BCUT2D eigenvalue weighted by atomic mass is 10.2. The lowest BCUT2D eigenvalue weighted by molar-refractivity contribution is 0.00863. The summed E-state index contributed by atoms with van der Waals surface area (Å²) in [5.41, 5.74) is -0.537. The van der Waals surface area contributed by atoms with Crippen molar-refractivity contribution >= 4 is 16.1 Å². The van der Waals surface area contributed by atoms with Crippen molar-refractivity contribution in [2.45, 2.75) is 39.3 Å². The van der Waals surface area contributed by atoms with Crippen molar-refractivity contribution in [3.05, 3.63) is 0 Å². The van der Waals surface area contributed by atoms with Crippen LogP contribution < -0.4 is 0 Å². The number of amides is 1. The summed E-state index contributed by atoms with van der Waals surface area (Å²) < 4.78 is 29.5. The Morgan fingerprint density at radius 3 is 2.22 bits per heavy atom. The van der Waals surface area contributed by atoms with E-state index >= 15 is 0 Å². The summed E-state index contributed by atoms with van der Waals surface area (Å²) >= 11 is 0. The summed E-state index contributed by atoms with van der Waals surface area (Å²) in [4.78, 5) is 13.5. The van der Waals surface area contributed by atoms with Gasteiger partial charge in [-0.25, -0.2) is 13.2 Å². The second-order valence-electron chi connectivity index (χ2n) is 5.64. The number of rotatable bonds is 1. The first kappa shape index (κ1) is 15.2. The van der Waals surface area contributed by atoms with Crippen LogP contribution in [0.1, 0.15) is 27.7 Å². The summed E-state index contributed by atoms with van der Waals surface area (Å²) in [5.74, 6) is 0. The zero-order valence-corrected chi connectivity index (χ0v) is 12.5. The van der Waals surface area contributed by atoms with E-state index in [4.69, 9.17) is 4.74 Å². The minimum atomic E-state index is -3.19. The number of sulfonamides is 1. The molecule has 0 aromatic heterocycles. The lowest BCUT2D eigenvalue weighted by Crippen LogP contribution is -2.56. The number of hydrogen-bond acceptors (Lipinski definition) is 4. The summed E-state index contributed by atoms with van der Waals surface area (Å²) in [6, 6.07) is -0.177. The van der Waals surface area contributed by atoms with Crippen LogP contribution in [0.5, 0.6) is 0 Å². The Bertz CT molecular complexity index is 413. The number of carbonyl (C=O) groups is 1. The molecule has 1 saturated heterocycles. The van der Waals surface area contributed by atoms with Crippen molar-refractivity contribution in [2.75, 3.05) is 25.9 Å². The fourth-order valence-corrected chi connectivity index (χ4v) is 2.72. The van der Waals surface area contributed by atoms with Gasteiger partial charge >= 0.3 is 6.09 Å². The SMILES string of the molecule is CC1CN(S(C)(=O)=O)CCN1C(=O)OC(C)(C)C. The van der Waals surface area contributed by atoms with Gasteiger partial charge < -0.3 is 9.64 Å². The van der Waals surface area contributed by atoms with Crippen LogP contribution in [0.25, 0.3) is 0 Å². The fraction of sp³-hybridized carbons (Fsp3) is 0.909. The number of carbonyl (C=O) groups excluding carboxylic acids is 1. The van der Waals surface area contributed by atoms with Crippen molar-refractivity contribution in [1.82, 2.24) is 9.21 Å². The van der Waals surface area contributed by atoms with E-state index in [1.54, 1.807) is 4.90 Å². The van der Waals surface area contributed by atoms with Gasteiger partial charge in [-0.05, 0) is 27.7 Å². The van der Waals surface area contributed by atoms with Gasteiger partial charge in [0.2, 0.25) is 10.0 Å². The van der Waals surface area contributed by atoms with Crippen molar-refractivity contribution in [2.24, 2.45) is 0 Å². The molecular weight excluding hydrogens is 256 g/mol. The van der Waals surface area contributed by atoms with Crippen LogP contribution in [0.4, 0.5) is 4.79 Å². The minimum absolute atomic E-state index is 0.177. The predicted octanol–water partition coefficient (Wildman–Crippen LogP) is 0.887. The molecule has 1 aliphatic rings. The summed E-state index contributed by atoms with van der Waals surface area (Å²) in [6.07, 6.45) is 0.797. The van der Waals surface area contributed by atoms with E-state index in [0.717, 1.165) is 0 Å². The Labute approximate surface area is 109 Å². The number of ether oxygens (including phenoxy) is 1. The Morgan fingerprint density at radius 1 is 1.28 bits per heavy atom. The number of piperazine rings is 1. The van der Waals surface area contributed by atoms with Gasteiger partial charge in [0.05, 0.1) is 6.26 Å². The van der Waals surface area contributed by atoms with Crippen LogP contribution in [0.2, 0.25) is 0 Å². The van der Waals surface area contributed by atoms with E-state index in [0.29, 0.717) is 19.6 Å². The van der Waals surface area contributed by atoms with Crippen molar-refractivity contribution in [3.63, 3.8) is 0 Å². The monoisotopic (exact) mass is 278 g/mol. The highest BCUT2D eigenvalue weighted by atomic mass is 32.2. The third-order valence-corrected chi connectivity index (χ3v) is 3.96. The van der Waals surface area contributed by atoms with Gasteiger partial charge in [-0.15, -0.1) is 0 Å². The van der Waals surface area contributed by atoms with Crippen LogP contribution in [0, 0.1) is 0 Å². The summed E-state index contributed by atoms with van der Waals surface area (Å²) in [7, 11) is -3.19. The minimum Gasteiger partial charge on any atom is -0.444 e. The Hall–Kier alpha value is -0.820. The zero-order valence-electron chi connectivity index (χ0n) is 11.6. The maximum absolute atomic E-state index is 11.9. The molecule has 1 unspecified atom stereocenters. The van der Waals surface area contributed by atoms with E-state index in [1.165, 1.54) is 10.6 Å². The second kappa shape index (κ2) is 5.05. The molecule has 1 atom stereocenters. The van der Waals surface area contributed by atoms with Crippen molar-refractivity contribution < 1.29 is 17.9 Å². The molecule has 1 aliphatic heterocycles. The maximum atomic E-state index is 11.9. The second-order valence-corrected chi connectivity index (χ2v) is 7.63. The Balaban J connectivity index is 2.66. The highest BCUT2D eigenvalue weighted by Gasteiger charge is 2.33. The van der Waals surface area contributed by atoms with E-state index in [9.17, 15) is 13.2 Å². The molecule has 0 N–H and O–H groups in total. The first-order chi connectivity index (χ1) is 8.00. The molecule has 0 radical (unpaired) electrons. The molecule has 0 aliphatic carbocycles. The quantitative estimate of drug-likeness (QED) is 0.714. The van der Waals surface area contributed by atoms with Crippen molar-refractivity contribution in [1.29, 1.82) is 0 Å². The fourth-order valence-electron chi connectivity index (χ4n) is 1.82. The Kier molecular flexibility index (Phi) is 4.27. The molecule has 0 saturated carbocycles. The Morgan fingerprint density at radius 2 is 1.83 bits per heavy atom. The van der Waals surface area contributed by atoms with Gasteiger partial charge in [-0.1, -0.05) is 0 Å². The highest BCUT2D eigenvalue weighted by molar-refractivity contribution is 7.88. The third-order valence-electron chi connectivity index (χ3n) is 2.69. The molecule has 6 nitrogen and oxygen atoms in total. The molecule has 1 amide bonds. The van der Waals surface area contributed by atoms with Gasteiger partial charge in [-0.3, -0.25) is 0 Å². The molecule has 0 bridgehead atoms. The molecule has 0 aromatic carbocycles. The summed E-state index contributed by atoms with van der Waals surface area (Å²) in [6.45, 7) is 8.25. The molecule has 0 aromatic rings. The lowest BCUT2D eigenvalue weighted by Gasteiger charge is -2.39. The van der Waals surface area contributed by atoms with Crippen LogP contribution in [-0.2, 0) is 14.8 Å². The summed E-state index contributed by atoms with van der Waals surface area (Å²) in [5, 5.41) is 0. The van der Waals surface area contributed by atoms with Gasteiger partial charge in [0, 0.05) is 25.7 Å². The standard InChI is InChI=1S/C11H22N2O4S/c1-9-8-12(18(5,15)16)6-7-13(9)10(14)17-11(2,3)4/h9H,6-8H2,1-5H3. The van der Waals surface area contributed by atoms with Crippen LogP contribution in [0.3, 0.4) is 0 Å². The van der Waals surface area contributed by atoms with Gasteiger partial charge in [0.15, 0.2) is 0 Å². The maximum Gasteiger partial charge on any atom is 0.410 e. The van der Waals surface area contributed by atoms with Crippen LogP contribution >= 0.6 is 0 Å². The van der Waals surface area contributed by atoms with Crippen LogP contribution in [-0.4, -0.2) is 61.2 Å². The number of nitrogens with zero attached hydrogens (tertiary/aromatic N) is 2. The van der Waals surface area contributed by atoms with Gasteiger partial charge in [0.25, 0.3) is 0 Å². The van der Waals surface area contributed by atoms with Crippen LogP contribution in [0.15, 0.2) is 0 Å². The normalized spacial score (nSPS) is 22.9. The average Bonchev–Trinajstić information content (AvgIpc) is 2.12. The molecule has 1 fully saturated rings. The third kappa shape index (κ3) is 4.13. The molecule has 106 valence electrons. The molecular formula is C11H22N2O4S. The van der Waals surface area contributed by atoms with E-state index < -0.39 is 15.6 Å². The molecule has 1 heterocycles. The molecule has 18 heavy (non-hydrogen) atoms. The van der Waals surface area contributed by atoms with E-state index in [-0.39, 0.29) is 12.1 Å². The molecule has 7 heteroatoms. The predicted molar refractivity (Wildman–Crippen MR) is 68.8 cm³/mol. The number of hydrogen-bond donors (Lipinski definition) is 0. The van der Waals surface area contributed by atoms with E-state index in [2.05, 4.69) is 0 Å². The first-order valence-corrected chi connectivity index (χ1v) is 7.80. The smallest absolute Gasteiger partial charge is 0.410 e. The zero-order chi connectivity index (χ0) is 14.1.